The molecular formula is C9H14N2O4. The zero-order chi connectivity index (χ0) is 11.3. The highest BCUT2D eigenvalue weighted by atomic mass is 16.5. The van der Waals surface area contributed by atoms with Crippen molar-refractivity contribution in [3.8, 4) is 0 Å². The van der Waals surface area contributed by atoms with Crippen molar-refractivity contribution in [2.45, 2.75) is 12.5 Å². The van der Waals surface area contributed by atoms with Crippen LogP contribution in [0.5, 0.6) is 0 Å². The number of hydrogen-bond donors (Lipinski definition) is 1. The third-order valence-corrected chi connectivity index (χ3v) is 2.32. The average molecular weight is 214 g/mol. The van der Waals surface area contributed by atoms with Gasteiger partial charge in [-0.2, -0.15) is 0 Å². The molecule has 0 aromatic heterocycles. The summed E-state index contributed by atoms with van der Waals surface area (Å²) < 4.78 is 9.57. The number of carbonyl (C=O) groups excluding carboxylic acids is 2. The van der Waals surface area contributed by atoms with Gasteiger partial charge < -0.3 is 14.8 Å². The molecule has 0 aromatic carbocycles. The molecule has 1 fully saturated rings. The molecule has 1 saturated heterocycles. The molecule has 0 bridgehead atoms. The molecule has 15 heavy (non-hydrogen) atoms. The highest BCUT2D eigenvalue weighted by Gasteiger charge is 2.32. The molecule has 6 nitrogen and oxygen atoms in total. The van der Waals surface area contributed by atoms with E-state index < -0.39 is 18.0 Å². The standard InChI is InChI=1S/C9H14N2O4/c1-10-8(12)7(11-9(13)14-2)6-3-4-15-5-6/h6-7H,1,3-5H2,2H3,(H,11,13). The second kappa shape index (κ2) is 5.45. The van der Waals surface area contributed by atoms with Crippen LogP contribution < -0.4 is 5.32 Å². The maximum Gasteiger partial charge on any atom is 0.407 e. The first-order valence-electron chi connectivity index (χ1n) is 4.61. The molecular weight excluding hydrogens is 200 g/mol. The molecule has 6 heteroatoms. The van der Waals surface area contributed by atoms with E-state index in [1.165, 1.54) is 7.11 Å². The summed E-state index contributed by atoms with van der Waals surface area (Å²) in [5.74, 6) is -0.516. The fourth-order valence-electron chi connectivity index (χ4n) is 1.48. The Morgan fingerprint density at radius 2 is 2.40 bits per heavy atom. The average Bonchev–Trinajstić information content (AvgIpc) is 2.77. The molecule has 1 N–H and O–H groups in total. The molecule has 1 aliphatic heterocycles. The quantitative estimate of drug-likeness (QED) is 0.669. The maximum atomic E-state index is 11.4. The number of carbonyl (C=O) groups is 2. The maximum absolute atomic E-state index is 11.4. The number of hydrogen-bond acceptors (Lipinski definition) is 4. The Hall–Kier alpha value is -1.43. The number of nitrogens with zero attached hydrogens (tertiary/aromatic N) is 1. The summed E-state index contributed by atoms with van der Waals surface area (Å²) in [5.41, 5.74) is 0. The zero-order valence-electron chi connectivity index (χ0n) is 8.56. The molecule has 1 rings (SSSR count). The molecule has 2 unspecified atom stereocenters. The lowest BCUT2D eigenvalue weighted by molar-refractivity contribution is -0.120. The van der Waals surface area contributed by atoms with E-state index in [2.05, 4.69) is 21.8 Å². The Labute approximate surface area is 87.6 Å². The smallest absolute Gasteiger partial charge is 0.407 e. The number of alkyl carbamates (subject to hydrolysis) is 1. The van der Waals surface area contributed by atoms with Crippen LogP contribution in [0.25, 0.3) is 0 Å². The van der Waals surface area contributed by atoms with Gasteiger partial charge in [-0.1, -0.05) is 0 Å². The molecule has 84 valence electrons. The highest BCUT2D eigenvalue weighted by molar-refractivity contribution is 5.88. The van der Waals surface area contributed by atoms with Crippen LogP contribution >= 0.6 is 0 Å². The number of ether oxygens (including phenoxy) is 2. The van der Waals surface area contributed by atoms with Gasteiger partial charge in [0.15, 0.2) is 0 Å². The van der Waals surface area contributed by atoms with Crippen LogP contribution in [0.4, 0.5) is 4.79 Å². The molecule has 0 saturated carbocycles. The van der Waals surface area contributed by atoms with Crippen LogP contribution in [0, 0.1) is 5.92 Å². The lowest BCUT2D eigenvalue weighted by atomic mass is 9.99. The van der Waals surface area contributed by atoms with Crippen LogP contribution in [0.15, 0.2) is 4.99 Å². The Bertz CT molecular complexity index is 261. The van der Waals surface area contributed by atoms with Crippen molar-refractivity contribution in [2.75, 3.05) is 20.3 Å². The summed E-state index contributed by atoms with van der Waals surface area (Å²) in [6.45, 7) is 4.19. The highest BCUT2D eigenvalue weighted by Crippen LogP contribution is 2.17. The van der Waals surface area contributed by atoms with E-state index in [0.717, 1.165) is 6.42 Å². The first-order valence-corrected chi connectivity index (χ1v) is 4.61. The number of methoxy groups -OCH3 is 1. The van der Waals surface area contributed by atoms with Crippen molar-refractivity contribution in [2.24, 2.45) is 10.9 Å². The summed E-state index contributed by atoms with van der Waals surface area (Å²) in [6.07, 6.45) is 0.0690. The first-order chi connectivity index (χ1) is 7.19. The Balaban J connectivity index is 2.63. The zero-order valence-corrected chi connectivity index (χ0v) is 8.56. The van der Waals surface area contributed by atoms with Crippen molar-refractivity contribution in [3.63, 3.8) is 0 Å². The van der Waals surface area contributed by atoms with E-state index >= 15 is 0 Å². The first kappa shape index (κ1) is 11.6. The fourth-order valence-corrected chi connectivity index (χ4v) is 1.48. The van der Waals surface area contributed by atoms with Gasteiger partial charge in [0.2, 0.25) is 0 Å². The second-order valence-electron chi connectivity index (χ2n) is 3.23. The van der Waals surface area contributed by atoms with E-state index in [-0.39, 0.29) is 5.92 Å². The van der Waals surface area contributed by atoms with Crippen molar-refractivity contribution in [3.05, 3.63) is 0 Å². The topological polar surface area (TPSA) is 77.0 Å². The number of aliphatic imine (C=N–C) groups is 1. The van der Waals surface area contributed by atoms with Crippen LogP contribution in [-0.4, -0.2) is 45.1 Å². The van der Waals surface area contributed by atoms with Crippen LogP contribution in [0.1, 0.15) is 6.42 Å². The predicted octanol–water partition coefficient (Wildman–Crippen LogP) is -0.0253. The lowest BCUT2D eigenvalue weighted by Crippen LogP contribution is -2.45. The minimum absolute atomic E-state index is 0.0536. The monoisotopic (exact) mass is 214 g/mol. The van der Waals surface area contributed by atoms with Crippen LogP contribution in [0.3, 0.4) is 0 Å². The SMILES string of the molecule is C=NC(=O)C(NC(=O)OC)C1CCOC1. The van der Waals surface area contributed by atoms with Gasteiger partial charge in [-0.25, -0.2) is 9.79 Å². The van der Waals surface area contributed by atoms with E-state index in [0.29, 0.717) is 13.2 Å². The number of amides is 2. The van der Waals surface area contributed by atoms with Gasteiger partial charge in [0.1, 0.15) is 6.04 Å². The van der Waals surface area contributed by atoms with Crippen LogP contribution in [-0.2, 0) is 14.3 Å². The summed E-state index contributed by atoms with van der Waals surface area (Å²) in [4.78, 5) is 25.7. The van der Waals surface area contributed by atoms with E-state index in [4.69, 9.17) is 4.74 Å². The normalized spacial score (nSPS) is 21.8. The Morgan fingerprint density at radius 3 is 2.87 bits per heavy atom. The van der Waals surface area contributed by atoms with Gasteiger partial charge in [0, 0.05) is 12.5 Å². The predicted molar refractivity (Wildman–Crippen MR) is 52.8 cm³/mol. The van der Waals surface area contributed by atoms with Crippen LogP contribution in [0.2, 0.25) is 0 Å². The molecule has 1 heterocycles. The van der Waals surface area contributed by atoms with Gasteiger partial charge in [-0.05, 0) is 13.1 Å². The minimum Gasteiger partial charge on any atom is -0.453 e. The molecule has 0 aliphatic carbocycles. The molecule has 2 atom stereocenters. The Kier molecular flexibility index (Phi) is 4.23. The van der Waals surface area contributed by atoms with Gasteiger partial charge in [0.05, 0.1) is 13.7 Å². The number of nitrogens with one attached hydrogen (secondary N) is 1. The third kappa shape index (κ3) is 3.02. The van der Waals surface area contributed by atoms with E-state index in [9.17, 15) is 9.59 Å². The molecule has 0 aromatic rings. The fraction of sp³-hybridized carbons (Fsp3) is 0.667. The molecule has 0 radical (unpaired) electrons. The third-order valence-electron chi connectivity index (χ3n) is 2.32. The van der Waals surface area contributed by atoms with Crippen molar-refractivity contribution in [1.82, 2.24) is 5.32 Å². The van der Waals surface area contributed by atoms with Crippen molar-refractivity contribution < 1.29 is 19.1 Å². The second-order valence-corrected chi connectivity index (χ2v) is 3.23. The van der Waals surface area contributed by atoms with E-state index in [1.807, 2.05) is 0 Å². The Morgan fingerprint density at radius 1 is 1.67 bits per heavy atom. The van der Waals surface area contributed by atoms with Gasteiger partial charge in [-0.3, -0.25) is 4.79 Å². The molecule has 0 spiro atoms. The van der Waals surface area contributed by atoms with E-state index in [1.54, 1.807) is 0 Å². The minimum atomic E-state index is -0.697. The van der Waals surface area contributed by atoms with Gasteiger partial charge in [-0.15, -0.1) is 0 Å². The number of rotatable bonds is 3. The van der Waals surface area contributed by atoms with Gasteiger partial charge in [0.25, 0.3) is 5.91 Å². The lowest BCUT2D eigenvalue weighted by Gasteiger charge is -2.19. The van der Waals surface area contributed by atoms with Crippen molar-refractivity contribution >= 4 is 18.7 Å². The largest absolute Gasteiger partial charge is 0.453 e. The summed E-state index contributed by atoms with van der Waals surface area (Å²) >= 11 is 0. The molecule has 2 amide bonds. The van der Waals surface area contributed by atoms with Gasteiger partial charge >= 0.3 is 6.09 Å². The summed E-state index contributed by atoms with van der Waals surface area (Å²) in [7, 11) is 1.24. The summed E-state index contributed by atoms with van der Waals surface area (Å²) in [5, 5.41) is 2.43. The summed E-state index contributed by atoms with van der Waals surface area (Å²) in [6, 6.07) is -0.697. The molecule has 1 aliphatic rings. The van der Waals surface area contributed by atoms with Crippen molar-refractivity contribution in [1.29, 1.82) is 0 Å².